The van der Waals surface area contributed by atoms with Crippen molar-refractivity contribution in [1.29, 1.82) is 0 Å². The molecule has 1 unspecified atom stereocenters. The molecular formula is C10H16N2O3. The molecule has 0 aliphatic heterocycles. The van der Waals surface area contributed by atoms with Crippen molar-refractivity contribution in [2.45, 2.75) is 32.9 Å². The monoisotopic (exact) mass is 212 g/mol. The average molecular weight is 212 g/mol. The second-order valence-corrected chi connectivity index (χ2v) is 3.53. The zero-order valence-electron chi connectivity index (χ0n) is 9.01. The second kappa shape index (κ2) is 5.50. The van der Waals surface area contributed by atoms with E-state index in [4.69, 9.17) is 9.63 Å². The van der Waals surface area contributed by atoms with E-state index in [0.717, 1.165) is 6.42 Å². The molecule has 0 bridgehead atoms. The van der Waals surface area contributed by atoms with E-state index < -0.39 is 5.97 Å². The Hall–Kier alpha value is -1.36. The molecule has 5 heteroatoms. The third-order valence-corrected chi connectivity index (χ3v) is 2.40. The van der Waals surface area contributed by atoms with Gasteiger partial charge >= 0.3 is 5.97 Å². The largest absolute Gasteiger partial charge is 0.480 e. The predicted molar refractivity (Wildman–Crippen MR) is 54.3 cm³/mol. The summed E-state index contributed by atoms with van der Waals surface area (Å²) in [7, 11) is 0. The van der Waals surface area contributed by atoms with Gasteiger partial charge in [-0.15, -0.1) is 0 Å². The van der Waals surface area contributed by atoms with Crippen LogP contribution in [0.2, 0.25) is 0 Å². The Bertz CT molecular complexity index is 298. The standard InChI is InChI=1S/C10H16N2O3/c1-3-8(2)12(7-10(13)14)6-9-4-5-11-15-9/h4-5,8H,3,6-7H2,1-2H3,(H,13,14). The Balaban J connectivity index is 2.60. The highest BCUT2D eigenvalue weighted by Gasteiger charge is 2.17. The molecule has 0 spiro atoms. The first kappa shape index (κ1) is 11.7. The maximum absolute atomic E-state index is 10.7. The maximum Gasteiger partial charge on any atom is 0.317 e. The molecule has 1 heterocycles. The van der Waals surface area contributed by atoms with Crippen molar-refractivity contribution in [2.24, 2.45) is 0 Å². The van der Waals surface area contributed by atoms with Gasteiger partial charge < -0.3 is 9.63 Å². The third kappa shape index (κ3) is 3.71. The number of carbonyl (C=O) groups is 1. The first-order valence-electron chi connectivity index (χ1n) is 4.99. The van der Waals surface area contributed by atoms with Crippen molar-refractivity contribution >= 4 is 5.97 Å². The summed E-state index contributed by atoms with van der Waals surface area (Å²) in [6.45, 7) is 4.54. The van der Waals surface area contributed by atoms with Gasteiger partial charge in [-0.3, -0.25) is 9.69 Å². The normalized spacial score (nSPS) is 13.0. The number of nitrogens with zero attached hydrogens (tertiary/aromatic N) is 2. The van der Waals surface area contributed by atoms with E-state index in [1.54, 1.807) is 12.3 Å². The van der Waals surface area contributed by atoms with Crippen LogP contribution in [0.5, 0.6) is 0 Å². The van der Waals surface area contributed by atoms with Crippen molar-refractivity contribution in [3.05, 3.63) is 18.0 Å². The van der Waals surface area contributed by atoms with Crippen molar-refractivity contribution in [2.75, 3.05) is 6.54 Å². The van der Waals surface area contributed by atoms with Crippen LogP contribution in [-0.2, 0) is 11.3 Å². The van der Waals surface area contributed by atoms with Crippen LogP contribution in [0.4, 0.5) is 0 Å². The summed E-state index contributed by atoms with van der Waals surface area (Å²) in [6.07, 6.45) is 2.46. The molecule has 0 radical (unpaired) electrons. The number of aromatic nitrogens is 1. The maximum atomic E-state index is 10.7. The molecule has 0 saturated heterocycles. The third-order valence-electron chi connectivity index (χ3n) is 2.40. The van der Waals surface area contributed by atoms with Crippen LogP contribution in [0.3, 0.4) is 0 Å². The van der Waals surface area contributed by atoms with E-state index in [9.17, 15) is 4.79 Å². The molecule has 5 nitrogen and oxygen atoms in total. The second-order valence-electron chi connectivity index (χ2n) is 3.53. The fourth-order valence-corrected chi connectivity index (χ4v) is 1.32. The van der Waals surface area contributed by atoms with Crippen LogP contribution in [0.25, 0.3) is 0 Å². The van der Waals surface area contributed by atoms with Gasteiger partial charge in [0.05, 0.1) is 19.3 Å². The van der Waals surface area contributed by atoms with Crippen LogP contribution < -0.4 is 0 Å². The summed E-state index contributed by atoms with van der Waals surface area (Å²) in [5.74, 6) is -0.133. The van der Waals surface area contributed by atoms with E-state index in [2.05, 4.69) is 5.16 Å². The molecule has 0 amide bonds. The SMILES string of the molecule is CCC(C)N(CC(=O)O)Cc1ccno1. The average Bonchev–Trinajstić information content (AvgIpc) is 2.67. The summed E-state index contributed by atoms with van der Waals surface area (Å²) in [4.78, 5) is 12.5. The molecule has 0 aliphatic rings. The predicted octanol–water partition coefficient (Wildman–Crippen LogP) is 1.36. The van der Waals surface area contributed by atoms with Gasteiger partial charge in [0.25, 0.3) is 0 Å². The zero-order chi connectivity index (χ0) is 11.3. The van der Waals surface area contributed by atoms with Crippen molar-refractivity contribution in [3.8, 4) is 0 Å². The molecule has 1 N–H and O–H groups in total. The highest BCUT2D eigenvalue weighted by Crippen LogP contribution is 2.09. The highest BCUT2D eigenvalue weighted by molar-refractivity contribution is 5.69. The quantitative estimate of drug-likeness (QED) is 0.771. The lowest BCUT2D eigenvalue weighted by molar-refractivity contribution is -0.139. The lowest BCUT2D eigenvalue weighted by Gasteiger charge is -2.25. The molecule has 0 aromatic carbocycles. The van der Waals surface area contributed by atoms with Gasteiger partial charge in [-0.25, -0.2) is 0 Å². The number of hydrogen-bond acceptors (Lipinski definition) is 4. The molecule has 1 atom stereocenters. The zero-order valence-corrected chi connectivity index (χ0v) is 9.01. The fraction of sp³-hybridized carbons (Fsp3) is 0.600. The van der Waals surface area contributed by atoms with E-state index in [1.165, 1.54) is 0 Å². The first-order valence-corrected chi connectivity index (χ1v) is 4.99. The number of rotatable bonds is 6. The van der Waals surface area contributed by atoms with Gasteiger partial charge in [0.2, 0.25) is 0 Å². The van der Waals surface area contributed by atoms with E-state index in [1.807, 2.05) is 18.7 Å². The first-order chi connectivity index (χ1) is 7.13. The fourth-order valence-electron chi connectivity index (χ4n) is 1.32. The number of aliphatic carboxylic acids is 1. The Morgan fingerprint density at radius 1 is 1.73 bits per heavy atom. The molecule has 0 saturated carbocycles. The number of carboxylic acids is 1. The Labute approximate surface area is 88.7 Å². The molecular weight excluding hydrogens is 196 g/mol. The Morgan fingerprint density at radius 3 is 2.93 bits per heavy atom. The summed E-state index contributed by atoms with van der Waals surface area (Å²) < 4.78 is 4.96. The summed E-state index contributed by atoms with van der Waals surface area (Å²) in [5.41, 5.74) is 0. The van der Waals surface area contributed by atoms with E-state index in [0.29, 0.717) is 12.3 Å². The van der Waals surface area contributed by atoms with Gasteiger partial charge in [0, 0.05) is 12.1 Å². The summed E-state index contributed by atoms with van der Waals surface area (Å²) in [5, 5.41) is 12.4. The summed E-state index contributed by atoms with van der Waals surface area (Å²) in [6, 6.07) is 1.96. The van der Waals surface area contributed by atoms with E-state index in [-0.39, 0.29) is 12.6 Å². The molecule has 1 rings (SSSR count). The Kier molecular flexibility index (Phi) is 4.30. The van der Waals surface area contributed by atoms with Crippen LogP contribution in [0.15, 0.2) is 16.8 Å². The van der Waals surface area contributed by atoms with Crippen LogP contribution in [-0.4, -0.2) is 33.7 Å². The van der Waals surface area contributed by atoms with Crippen molar-refractivity contribution in [3.63, 3.8) is 0 Å². The highest BCUT2D eigenvalue weighted by atomic mass is 16.5. The molecule has 15 heavy (non-hydrogen) atoms. The van der Waals surface area contributed by atoms with Crippen LogP contribution >= 0.6 is 0 Å². The minimum atomic E-state index is -0.824. The molecule has 0 aliphatic carbocycles. The molecule has 1 aromatic rings. The molecule has 1 aromatic heterocycles. The van der Waals surface area contributed by atoms with Crippen LogP contribution in [0.1, 0.15) is 26.0 Å². The van der Waals surface area contributed by atoms with Gasteiger partial charge in [-0.2, -0.15) is 0 Å². The van der Waals surface area contributed by atoms with Gasteiger partial charge in [-0.1, -0.05) is 12.1 Å². The number of carboxylic acid groups (broad SMARTS) is 1. The lowest BCUT2D eigenvalue weighted by atomic mass is 10.2. The molecule has 84 valence electrons. The van der Waals surface area contributed by atoms with Gasteiger partial charge in [0.15, 0.2) is 5.76 Å². The smallest absolute Gasteiger partial charge is 0.317 e. The molecule has 0 fully saturated rings. The minimum absolute atomic E-state index is 0.0235. The topological polar surface area (TPSA) is 66.6 Å². The van der Waals surface area contributed by atoms with Crippen molar-refractivity contribution < 1.29 is 14.4 Å². The number of hydrogen-bond donors (Lipinski definition) is 1. The lowest BCUT2D eigenvalue weighted by Crippen LogP contribution is -2.36. The van der Waals surface area contributed by atoms with E-state index >= 15 is 0 Å². The summed E-state index contributed by atoms with van der Waals surface area (Å²) >= 11 is 0. The Morgan fingerprint density at radius 2 is 2.47 bits per heavy atom. The minimum Gasteiger partial charge on any atom is -0.480 e. The van der Waals surface area contributed by atoms with Crippen molar-refractivity contribution in [1.82, 2.24) is 10.1 Å². The van der Waals surface area contributed by atoms with Gasteiger partial charge in [-0.05, 0) is 13.3 Å². The van der Waals surface area contributed by atoms with Crippen LogP contribution in [0, 0.1) is 0 Å². The van der Waals surface area contributed by atoms with Gasteiger partial charge in [0.1, 0.15) is 0 Å².